The lowest BCUT2D eigenvalue weighted by Gasteiger charge is -2.09. The molecule has 0 aliphatic heterocycles. The van der Waals surface area contributed by atoms with Gasteiger partial charge in [0.1, 0.15) is 5.75 Å². The second kappa shape index (κ2) is 5.31. The molecule has 4 heteroatoms. The maximum atomic E-state index is 10.9. The van der Waals surface area contributed by atoms with E-state index in [1.807, 2.05) is 30.3 Å². The molecule has 1 unspecified atom stereocenters. The average Bonchev–Trinajstić information content (AvgIpc) is 2.39. The molecular formula is C14H13NO3. The molecule has 0 radical (unpaired) electrons. The minimum absolute atomic E-state index is 0.395. The Labute approximate surface area is 105 Å². The Morgan fingerprint density at radius 1 is 1.28 bits per heavy atom. The molecule has 18 heavy (non-hydrogen) atoms. The fourth-order valence-corrected chi connectivity index (χ4v) is 1.50. The van der Waals surface area contributed by atoms with Crippen LogP contribution in [-0.2, 0) is 4.79 Å². The molecule has 0 saturated heterocycles. The number of pyridine rings is 1. The van der Waals surface area contributed by atoms with E-state index in [4.69, 9.17) is 9.84 Å². The van der Waals surface area contributed by atoms with Crippen molar-refractivity contribution in [3.8, 4) is 11.6 Å². The van der Waals surface area contributed by atoms with Crippen LogP contribution in [0.2, 0.25) is 0 Å². The number of para-hydroxylation sites is 1. The Morgan fingerprint density at radius 3 is 2.67 bits per heavy atom. The predicted octanol–water partition coefficient (Wildman–Crippen LogP) is 3.06. The number of hydrogen-bond donors (Lipinski definition) is 1. The summed E-state index contributed by atoms with van der Waals surface area (Å²) in [5.41, 5.74) is 0.670. The molecule has 1 atom stereocenters. The van der Waals surface area contributed by atoms with Crippen LogP contribution in [0.25, 0.3) is 0 Å². The van der Waals surface area contributed by atoms with E-state index in [1.165, 1.54) is 0 Å². The molecule has 0 amide bonds. The summed E-state index contributed by atoms with van der Waals surface area (Å²) in [6, 6.07) is 12.6. The highest BCUT2D eigenvalue weighted by atomic mass is 16.5. The van der Waals surface area contributed by atoms with Crippen LogP contribution < -0.4 is 4.74 Å². The molecule has 0 saturated carbocycles. The summed E-state index contributed by atoms with van der Waals surface area (Å²) in [5, 5.41) is 8.95. The molecule has 1 heterocycles. The zero-order chi connectivity index (χ0) is 13.0. The fraction of sp³-hybridized carbons (Fsp3) is 0.143. The number of nitrogens with zero attached hydrogens (tertiary/aromatic N) is 1. The first-order valence-corrected chi connectivity index (χ1v) is 5.58. The third-order valence-corrected chi connectivity index (χ3v) is 2.59. The normalized spacial score (nSPS) is 11.8. The lowest BCUT2D eigenvalue weighted by molar-refractivity contribution is -0.138. The number of hydrogen-bond acceptors (Lipinski definition) is 3. The van der Waals surface area contributed by atoms with Crippen molar-refractivity contribution >= 4 is 5.97 Å². The quantitative estimate of drug-likeness (QED) is 0.896. The van der Waals surface area contributed by atoms with E-state index >= 15 is 0 Å². The van der Waals surface area contributed by atoms with Crippen molar-refractivity contribution in [2.45, 2.75) is 12.8 Å². The van der Waals surface area contributed by atoms with Gasteiger partial charge in [-0.2, -0.15) is 0 Å². The maximum absolute atomic E-state index is 10.9. The van der Waals surface area contributed by atoms with Gasteiger partial charge in [0.15, 0.2) is 0 Å². The van der Waals surface area contributed by atoms with Crippen LogP contribution in [0.5, 0.6) is 11.6 Å². The van der Waals surface area contributed by atoms with Crippen molar-refractivity contribution < 1.29 is 14.6 Å². The van der Waals surface area contributed by atoms with E-state index in [-0.39, 0.29) is 0 Å². The molecular weight excluding hydrogens is 230 g/mol. The highest BCUT2D eigenvalue weighted by molar-refractivity contribution is 5.75. The fourth-order valence-electron chi connectivity index (χ4n) is 1.50. The van der Waals surface area contributed by atoms with Gasteiger partial charge in [0, 0.05) is 12.3 Å². The number of benzene rings is 1. The molecule has 2 rings (SSSR count). The Balaban J connectivity index is 2.20. The molecule has 0 aliphatic rings. The predicted molar refractivity (Wildman–Crippen MR) is 66.8 cm³/mol. The molecule has 1 aromatic heterocycles. The molecule has 0 aliphatic carbocycles. The third-order valence-electron chi connectivity index (χ3n) is 2.59. The van der Waals surface area contributed by atoms with Crippen LogP contribution in [0.4, 0.5) is 0 Å². The lowest BCUT2D eigenvalue weighted by Crippen LogP contribution is -2.07. The SMILES string of the molecule is CC(C(=O)O)c1ccnc(Oc2ccccc2)c1. The van der Waals surface area contributed by atoms with Crippen molar-refractivity contribution in [2.75, 3.05) is 0 Å². The zero-order valence-corrected chi connectivity index (χ0v) is 9.91. The summed E-state index contributed by atoms with van der Waals surface area (Å²) in [4.78, 5) is 15.0. The molecule has 92 valence electrons. The van der Waals surface area contributed by atoms with Crippen molar-refractivity contribution in [2.24, 2.45) is 0 Å². The topological polar surface area (TPSA) is 59.4 Å². The van der Waals surface area contributed by atoms with Gasteiger partial charge >= 0.3 is 5.97 Å². The number of ether oxygens (including phenoxy) is 1. The molecule has 1 aromatic carbocycles. The first-order valence-electron chi connectivity index (χ1n) is 5.58. The van der Waals surface area contributed by atoms with Gasteiger partial charge < -0.3 is 9.84 Å². The van der Waals surface area contributed by atoms with E-state index in [0.717, 1.165) is 0 Å². The van der Waals surface area contributed by atoms with Crippen molar-refractivity contribution in [1.29, 1.82) is 0 Å². The highest BCUT2D eigenvalue weighted by Crippen LogP contribution is 2.23. The number of carboxylic acid groups (broad SMARTS) is 1. The van der Waals surface area contributed by atoms with Crippen LogP contribution >= 0.6 is 0 Å². The second-order valence-corrected chi connectivity index (χ2v) is 3.90. The highest BCUT2D eigenvalue weighted by Gasteiger charge is 2.14. The van der Waals surface area contributed by atoms with Gasteiger partial charge in [0.2, 0.25) is 5.88 Å². The summed E-state index contributed by atoms with van der Waals surface area (Å²) >= 11 is 0. The smallest absolute Gasteiger partial charge is 0.310 e. The first kappa shape index (κ1) is 12.1. The van der Waals surface area contributed by atoms with E-state index in [1.54, 1.807) is 25.3 Å². The molecule has 0 spiro atoms. The van der Waals surface area contributed by atoms with Crippen molar-refractivity contribution in [1.82, 2.24) is 4.98 Å². The summed E-state index contributed by atoms with van der Waals surface area (Å²) in [6.07, 6.45) is 1.55. The Kier molecular flexibility index (Phi) is 3.57. The summed E-state index contributed by atoms with van der Waals surface area (Å²) in [5.74, 6) is -0.380. The van der Waals surface area contributed by atoms with E-state index in [9.17, 15) is 4.79 Å². The summed E-state index contributed by atoms with van der Waals surface area (Å²) in [7, 11) is 0. The minimum Gasteiger partial charge on any atom is -0.481 e. The lowest BCUT2D eigenvalue weighted by atomic mass is 10.0. The van der Waals surface area contributed by atoms with Gasteiger partial charge in [-0.05, 0) is 30.7 Å². The second-order valence-electron chi connectivity index (χ2n) is 3.90. The number of carboxylic acids is 1. The van der Waals surface area contributed by atoms with Gasteiger partial charge in [-0.25, -0.2) is 4.98 Å². The van der Waals surface area contributed by atoms with Crippen molar-refractivity contribution in [3.05, 3.63) is 54.2 Å². The Bertz CT molecular complexity index is 540. The third kappa shape index (κ3) is 2.85. The molecule has 2 aromatic rings. The number of aromatic nitrogens is 1. The molecule has 0 fully saturated rings. The zero-order valence-electron chi connectivity index (χ0n) is 9.91. The van der Waals surface area contributed by atoms with Crippen LogP contribution in [0.1, 0.15) is 18.4 Å². The van der Waals surface area contributed by atoms with Gasteiger partial charge in [-0.3, -0.25) is 4.79 Å². The van der Waals surface area contributed by atoms with Crippen LogP contribution in [-0.4, -0.2) is 16.1 Å². The molecule has 0 bridgehead atoms. The first-order chi connectivity index (χ1) is 8.66. The number of rotatable bonds is 4. The van der Waals surface area contributed by atoms with Crippen LogP contribution in [0.3, 0.4) is 0 Å². The maximum Gasteiger partial charge on any atom is 0.310 e. The van der Waals surface area contributed by atoms with Gasteiger partial charge in [-0.1, -0.05) is 18.2 Å². The average molecular weight is 243 g/mol. The van der Waals surface area contributed by atoms with E-state index in [0.29, 0.717) is 17.2 Å². The summed E-state index contributed by atoms with van der Waals surface area (Å²) in [6.45, 7) is 1.63. The Hall–Kier alpha value is -2.36. The largest absolute Gasteiger partial charge is 0.481 e. The summed E-state index contributed by atoms with van der Waals surface area (Å²) < 4.78 is 5.54. The number of aliphatic carboxylic acids is 1. The van der Waals surface area contributed by atoms with Crippen LogP contribution in [0.15, 0.2) is 48.7 Å². The van der Waals surface area contributed by atoms with Crippen molar-refractivity contribution in [3.63, 3.8) is 0 Å². The Morgan fingerprint density at radius 2 is 2.00 bits per heavy atom. The molecule has 4 nitrogen and oxygen atoms in total. The molecule has 1 N–H and O–H groups in total. The van der Waals surface area contributed by atoms with Crippen LogP contribution in [0, 0.1) is 0 Å². The van der Waals surface area contributed by atoms with Gasteiger partial charge in [0.05, 0.1) is 5.92 Å². The van der Waals surface area contributed by atoms with E-state index < -0.39 is 11.9 Å². The standard InChI is InChI=1S/C14H13NO3/c1-10(14(16)17)11-7-8-15-13(9-11)18-12-5-3-2-4-6-12/h2-10H,1H3,(H,16,17). The van der Waals surface area contributed by atoms with Gasteiger partial charge in [0.25, 0.3) is 0 Å². The number of carbonyl (C=O) groups is 1. The van der Waals surface area contributed by atoms with E-state index in [2.05, 4.69) is 4.98 Å². The van der Waals surface area contributed by atoms with Gasteiger partial charge in [-0.15, -0.1) is 0 Å². The monoisotopic (exact) mass is 243 g/mol. The minimum atomic E-state index is -0.869.